The van der Waals surface area contributed by atoms with E-state index in [1.165, 1.54) is 47.2 Å². The molecule has 13 nitrogen and oxygen atoms in total. The second kappa shape index (κ2) is 25.0. The normalized spacial score (nSPS) is 14.8. The molecule has 12 N–H and O–H groups in total. The summed E-state index contributed by atoms with van der Waals surface area (Å²) in [6, 6.07) is 0. The molecule has 132 valence electrons. The minimum absolute atomic E-state index is 0.675. The number of ether oxygens (including phenoxy) is 1. The molecule has 1 fully saturated rings. The summed E-state index contributed by atoms with van der Waals surface area (Å²) in [5.41, 5.74) is 0. The molecule has 1 aliphatic heterocycles. The molecular weight excluding hydrogens is 334 g/mol. The summed E-state index contributed by atoms with van der Waals surface area (Å²) in [4.78, 5) is 0. The van der Waals surface area contributed by atoms with Crippen molar-refractivity contribution in [2.45, 2.75) is 22.6 Å². The van der Waals surface area contributed by atoms with E-state index in [1.54, 1.807) is 0 Å². The third kappa shape index (κ3) is 128. The molecule has 0 spiro atoms. The molecular formula is C5H21B4NaO13. The van der Waals surface area contributed by atoms with Crippen LogP contribution in [0, 0.1) is 0 Å². The first kappa shape index (κ1) is 31.5. The maximum atomic E-state index is 7.17. The molecule has 18 heteroatoms. The van der Waals surface area contributed by atoms with Crippen LogP contribution in [0.1, 0.15) is 19.3 Å². The Hall–Kier alpha value is 0.740. The van der Waals surface area contributed by atoms with E-state index in [1.807, 2.05) is 0 Å². The van der Waals surface area contributed by atoms with Gasteiger partial charge in [0.15, 0.2) is 0 Å². The van der Waals surface area contributed by atoms with E-state index >= 15 is 0 Å². The zero-order valence-corrected chi connectivity index (χ0v) is 14.5. The molecule has 23 heavy (non-hydrogen) atoms. The van der Waals surface area contributed by atoms with Gasteiger partial charge in [0.1, 0.15) is 0 Å². The van der Waals surface area contributed by atoms with E-state index in [2.05, 4.69) is 0 Å². The Balaban J connectivity index is -0.000000102. The Labute approximate surface area is 151 Å². The van der Waals surface area contributed by atoms with Crippen LogP contribution in [0.4, 0.5) is 0 Å². The predicted molar refractivity (Wildman–Crippen MR) is 79.0 cm³/mol. The number of hydrogen-bond donors (Lipinski definition) is 12. The summed E-state index contributed by atoms with van der Waals surface area (Å²) >= 11 is 1.23. The summed E-state index contributed by atoms with van der Waals surface area (Å²) in [6.07, 6.45) is 4.01. The van der Waals surface area contributed by atoms with Crippen LogP contribution in [-0.2, 0) is 4.74 Å². The van der Waals surface area contributed by atoms with E-state index in [0.717, 1.165) is 6.61 Å². The average molecular weight is 355 g/mol. The summed E-state index contributed by atoms with van der Waals surface area (Å²) in [7, 11) is -8.67. The van der Waals surface area contributed by atoms with Crippen LogP contribution in [0.3, 0.4) is 0 Å². The first-order valence-corrected chi connectivity index (χ1v) is 7.26. The molecule has 0 radical (unpaired) electrons. The van der Waals surface area contributed by atoms with Gasteiger partial charge in [-0.1, -0.05) is 0 Å². The van der Waals surface area contributed by atoms with Gasteiger partial charge in [-0.3, -0.25) is 0 Å². The van der Waals surface area contributed by atoms with Gasteiger partial charge in [-0.05, 0) is 0 Å². The molecule has 1 heterocycles. The van der Waals surface area contributed by atoms with Gasteiger partial charge in [0, 0.05) is 0 Å². The summed E-state index contributed by atoms with van der Waals surface area (Å²) in [5, 5.41) is 86.0. The first-order chi connectivity index (χ1) is 10.3. The van der Waals surface area contributed by atoms with Crippen LogP contribution in [0.25, 0.3) is 0 Å². The van der Waals surface area contributed by atoms with Crippen molar-refractivity contribution in [2.75, 3.05) is 6.61 Å². The first-order valence-electron chi connectivity index (χ1n) is 6.11. The monoisotopic (exact) mass is 356 g/mol. The molecule has 0 bridgehead atoms. The Kier molecular flexibility index (Phi) is 34.2. The van der Waals surface area contributed by atoms with Gasteiger partial charge in [0.25, 0.3) is 0 Å². The van der Waals surface area contributed by atoms with Gasteiger partial charge in [0.2, 0.25) is 0 Å². The van der Waals surface area contributed by atoms with Crippen molar-refractivity contribution in [3.63, 3.8) is 0 Å². The van der Waals surface area contributed by atoms with Crippen molar-refractivity contribution in [2.24, 2.45) is 0 Å². The third-order valence-corrected chi connectivity index (χ3v) is 2.32. The van der Waals surface area contributed by atoms with Crippen LogP contribution in [0.2, 0.25) is 0 Å². The second-order valence-corrected chi connectivity index (χ2v) is 4.85. The van der Waals surface area contributed by atoms with Crippen LogP contribution in [-0.4, -0.2) is 127 Å². The Morgan fingerprint density at radius 2 is 0.870 bits per heavy atom. The van der Waals surface area contributed by atoms with Gasteiger partial charge in [-0.25, -0.2) is 0 Å². The molecule has 0 aromatic rings. The topological polar surface area (TPSA) is 252 Å². The summed E-state index contributed by atoms with van der Waals surface area (Å²) in [5.74, 6) is 0. The van der Waals surface area contributed by atoms with Crippen molar-refractivity contribution in [1.82, 2.24) is 0 Å². The van der Waals surface area contributed by atoms with Crippen molar-refractivity contribution in [3.8, 4) is 0 Å². The molecule has 0 saturated carbocycles. The quantitative estimate of drug-likeness (QED) is 0.180. The van der Waals surface area contributed by atoms with Gasteiger partial charge < -0.3 is 60.3 Å². The van der Waals surface area contributed by atoms with E-state index in [-0.39, 0.29) is 0 Å². The second-order valence-electron chi connectivity index (χ2n) is 3.56. The summed E-state index contributed by atoms with van der Waals surface area (Å²) < 4.78 is 6.01. The Morgan fingerprint density at radius 1 is 0.609 bits per heavy atom. The molecule has 0 amide bonds. The van der Waals surface area contributed by atoms with Crippen molar-refractivity contribution < 1.29 is 65.0 Å². The van der Waals surface area contributed by atoms with Gasteiger partial charge >= 0.3 is 91.2 Å². The minimum atomic E-state index is -2.17. The van der Waals surface area contributed by atoms with E-state index < -0.39 is 29.3 Å². The third-order valence-electron chi connectivity index (χ3n) is 1.41. The Bertz CT molecular complexity index is 160. The molecule has 0 aromatic carbocycles. The van der Waals surface area contributed by atoms with Crippen LogP contribution < -0.4 is 0 Å². The number of hydrogen-bond acceptors (Lipinski definition) is 13. The molecule has 1 atom stereocenters. The fraction of sp³-hybridized carbons (Fsp3) is 1.00. The van der Waals surface area contributed by atoms with Gasteiger partial charge in [-0.15, -0.1) is 0 Å². The van der Waals surface area contributed by atoms with E-state index in [0.29, 0.717) is 3.35 Å². The zero-order chi connectivity index (χ0) is 19.4. The molecule has 1 unspecified atom stereocenters. The standard InChI is InChI=1S/C5H9O.4BH3O3.Na/c1-2-4-6-5-3-1;4*2-1(3)4;/h4H,1-3,5H2;4*2-4H;. The fourth-order valence-electron chi connectivity index (χ4n) is 0.902. The molecule has 0 aliphatic carbocycles. The van der Waals surface area contributed by atoms with Crippen LogP contribution >= 0.6 is 0 Å². The average Bonchev–Trinajstić information content (AvgIpc) is 2.26. The van der Waals surface area contributed by atoms with E-state index in [4.69, 9.17) is 65.0 Å². The SMILES string of the molecule is OB(O)O.OB(O)O.OB(O)O.OB(O)O.[Na][CH]1CCCCO1. The number of rotatable bonds is 0. The van der Waals surface area contributed by atoms with Crippen LogP contribution in [0.15, 0.2) is 0 Å². The predicted octanol–water partition coefficient (Wildman–Crippen LogP) is -7.53. The zero-order valence-electron chi connectivity index (χ0n) is 12.5. The van der Waals surface area contributed by atoms with Gasteiger partial charge in [-0.2, -0.15) is 0 Å². The van der Waals surface area contributed by atoms with Crippen molar-refractivity contribution >= 4 is 57.2 Å². The Morgan fingerprint density at radius 3 is 0.957 bits per heavy atom. The van der Waals surface area contributed by atoms with E-state index in [9.17, 15) is 0 Å². The molecule has 1 saturated heterocycles. The maximum absolute atomic E-state index is 7.17. The van der Waals surface area contributed by atoms with Crippen molar-refractivity contribution in [1.29, 1.82) is 0 Å². The fourth-order valence-corrected chi connectivity index (χ4v) is 1.55. The molecule has 1 aliphatic rings. The van der Waals surface area contributed by atoms with Gasteiger partial charge in [0.05, 0.1) is 0 Å². The summed E-state index contributed by atoms with van der Waals surface area (Å²) in [6.45, 7) is 1.02. The molecule has 1 rings (SSSR count). The van der Waals surface area contributed by atoms with Crippen molar-refractivity contribution in [3.05, 3.63) is 0 Å². The molecule has 0 aromatic heterocycles. The van der Waals surface area contributed by atoms with Crippen LogP contribution in [0.5, 0.6) is 0 Å².